The summed E-state index contributed by atoms with van der Waals surface area (Å²) in [6, 6.07) is 4.74. The maximum Gasteiger partial charge on any atom is 0.141 e. The van der Waals surface area contributed by atoms with E-state index in [2.05, 4.69) is 11.2 Å². The van der Waals surface area contributed by atoms with Gasteiger partial charge in [0.15, 0.2) is 0 Å². The topological polar surface area (TPSA) is 12.0 Å². The van der Waals surface area contributed by atoms with Crippen LogP contribution < -0.4 is 5.32 Å². The number of hydrogen-bond acceptors (Lipinski definition) is 2. The van der Waals surface area contributed by atoms with Crippen molar-refractivity contribution in [3.63, 3.8) is 0 Å². The van der Waals surface area contributed by atoms with Crippen molar-refractivity contribution in [2.24, 2.45) is 0 Å². The Labute approximate surface area is 105 Å². The van der Waals surface area contributed by atoms with Crippen molar-refractivity contribution in [3.05, 3.63) is 34.6 Å². The predicted molar refractivity (Wildman–Crippen MR) is 69.3 cm³/mol. The van der Waals surface area contributed by atoms with Crippen LogP contribution in [0.5, 0.6) is 0 Å². The van der Waals surface area contributed by atoms with Crippen LogP contribution in [0.15, 0.2) is 18.2 Å². The lowest BCUT2D eigenvalue weighted by Crippen LogP contribution is -2.16. The highest BCUT2D eigenvalue weighted by atomic mass is 35.5. The molecule has 0 aliphatic carbocycles. The molecule has 0 radical (unpaired) electrons. The Bertz CT molecular complexity index is 376. The van der Waals surface area contributed by atoms with Gasteiger partial charge in [-0.15, -0.1) is 18.2 Å². The molecule has 0 amide bonds. The number of nitrogens with one attached hydrogen (secondary N) is 1. The van der Waals surface area contributed by atoms with Crippen LogP contribution in [0, 0.1) is 18.2 Å². The molecule has 0 heterocycles. The highest BCUT2D eigenvalue weighted by Crippen LogP contribution is 2.15. The maximum atomic E-state index is 12.9. The van der Waals surface area contributed by atoms with Crippen molar-refractivity contribution in [1.82, 2.24) is 5.32 Å². The van der Waals surface area contributed by atoms with Crippen molar-refractivity contribution in [3.8, 4) is 12.3 Å². The van der Waals surface area contributed by atoms with Crippen molar-refractivity contribution < 1.29 is 4.39 Å². The van der Waals surface area contributed by atoms with E-state index in [1.54, 1.807) is 23.9 Å². The second-order valence-electron chi connectivity index (χ2n) is 3.18. The molecular weight excluding hydrogens is 245 g/mol. The summed E-state index contributed by atoms with van der Waals surface area (Å²) < 4.78 is 12.9. The molecule has 0 unspecified atom stereocenters. The van der Waals surface area contributed by atoms with Crippen LogP contribution in [-0.4, -0.2) is 18.1 Å². The molecular formula is C12H13ClFNS. The Balaban J connectivity index is 2.22. The monoisotopic (exact) mass is 257 g/mol. The van der Waals surface area contributed by atoms with Crippen LogP contribution in [0.3, 0.4) is 0 Å². The number of thioether (sulfide) groups is 1. The Morgan fingerprint density at radius 3 is 3.00 bits per heavy atom. The van der Waals surface area contributed by atoms with Gasteiger partial charge in [-0.3, -0.25) is 0 Å². The van der Waals surface area contributed by atoms with E-state index < -0.39 is 0 Å². The quantitative estimate of drug-likeness (QED) is 0.621. The van der Waals surface area contributed by atoms with E-state index in [-0.39, 0.29) is 10.8 Å². The summed E-state index contributed by atoms with van der Waals surface area (Å²) in [6.45, 7) is 1.57. The fourth-order valence-corrected chi connectivity index (χ4v) is 1.91. The van der Waals surface area contributed by atoms with Gasteiger partial charge in [-0.05, 0) is 17.7 Å². The highest BCUT2D eigenvalue weighted by Gasteiger charge is 2.00. The first-order chi connectivity index (χ1) is 7.74. The average Bonchev–Trinajstić information content (AvgIpc) is 2.28. The minimum atomic E-state index is -0.380. The first-order valence-corrected chi connectivity index (χ1v) is 6.43. The molecule has 1 rings (SSSR count). The molecule has 0 saturated heterocycles. The van der Waals surface area contributed by atoms with Gasteiger partial charge in [0.05, 0.1) is 10.8 Å². The Hall–Kier alpha value is -0.690. The van der Waals surface area contributed by atoms with Gasteiger partial charge < -0.3 is 5.32 Å². The number of halogens is 2. The molecule has 0 saturated carbocycles. The predicted octanol–water partition coefficient (Wildman–Crippen LogP) is 2.94. The Morgan fingerprint density at radius 2 is 2.31 bits per heavy atom. The van der Waals surface area contributed by atoms with Gasteiger partial charge in [-0.25, -0.2) is 4.39 Å². The Kier molecular flexibility index (Phi) is 6.32. The zero-order valence-electron chi connectivity index (χ0n) is 8.80. The van der Waals surface area contributed by atoms with Crippen LogP contribution in [0.4, 0.5) is 4.39 Å². The number of rotatable bonds is 6. The minimum absolute atomic E-state index is 0.168. The third kappa shape index (κ3) is 4.89. The van der Waals surface area contributed by atoms with Crippen LogP contribution in [-0.2, 0) is 6.54 Å². The standard InChI is InChI=1S/C12H13ClFNS/c1-2-6-16-7-5-15-9-10-3-4-12(14)11(13)8-10/h1,3-4,8,15H,5-7,9H2. The van der Waals surface area contributed by atoms with Gasteiger partial charge in [0, 0.05) is 18.8 Å². The van der Waals surface area contributed by atoms with Gasteiger partial charge in [0.1, 0.15) is 5.82 Å². The van der Waals surface area contributed by atoms with Crippen LogP contribution >= 0.6 is 23.4 Å². The Morgan fingerprint density at radius 1 is 1.50 bits per heavy atom. The number of terminal acetylenes is 1. The summed E-state index contributed by atoms with van der Waals surface area (Å²) in [4.78, 5) is 0. The van der Waals surface area contributed by atoms with E-state index in [9.17, 15) is 4.39 Å². The second-order valence-corrected chi connectivity index (χ2v) is 4.69. The molecule has 0 spiro atoms. The minimum Gasteiger partial charge on any atom is -0.312 e. The molecule has 1 nitrogen and oxygen atoms in total. The third-order valence-electron chi connectivity index (χ3n) is 1.92. The number of benzene rings is 1. The van der Waals surface area contributed by atoms with E-state index in [0.717, 1.165) is 23.6 Å². The van der Waals surface area contributed by atoms with Crippen molar-refractivity contribution >= 4 is 23.4 Å². The summed E-state index contributed by atoms with van der Waals surface area (Å²) in [6.07, 6.45) is 5.12. The van der Waals surface area contributed by atoms with E-state index in [0.29, 0.717) is 6.54 Å². The van der Waals surface area contributed by atoms with E-state index in [1.165, 1.54) is 6.07 Å². The molecule has 0 atom stereocenters. The fraction of sp³-hybridized carbons (Fsp3) is 0.333. The van der Waals surface area contributed by atoms with E-state index in [4.69, 9.17) is 18.0 Å². The smallest absolute Gasteiger partial charge is 0.141 e. The average molecular weight is 258 g/mol. The molecule has 0 aliphatic rings. The SMILES string of the molecule is C#CCSCCNCc1ccc(F)c(Cl)c1. The van der Waals surface area contributed by atoms with Crippen molar-refractivity contribution in [2.75, 3.05) is 18.1 Å². The van der Waals surface area contributed by atoms with Crippen molar-refractivity contribution in [2.45, 2.75) is 6.54 Å². The van der Waals surface area contributed by atoms with Gasteiger partial charge in [-0.2, -0.15) is 0 Å². The molecule has 1 aromatic carbocycles. The van der Waals surface area contributed by atoms with Crippen LogP contribution in [0.1, 0.15) is 5.56 Å². The van der Waals surface area contributed by atoms with Gasteiger partial charge in [0.25, 0.3) is 0 Å². The highest BCUT2D eigenvalue weighted by molar-refractivity contribution is 7.99. The first-order valence-electron chi connectivity index (χ1n) is 4.90. The zero-order valence-corrected chi connectivity index (χ0v) is 10.4. The summed E-state index contributed by atoms with van der Waals surface area (Å²) in [5.41, 5.74) is 0.980. The molecule has 4 heteroatoms. The molecule has 1 N–H and O–H groups in total. The summed E-state index contributed by atoms with van der Waals surface area (Å²) >= 11 is 7.38. The molecule has 0 aliphatic heterocycles. The largest absolute Gasteiger partial charge is 0.312 e. The van der Waals surface area contributed by atoms with Gasteiger partial charge >= 0.3 is 0 Å². The summed E-state index contributed by atoms with van der Waals surface area (Å²) in [5.74, 6) is 3.90. The molecule has 0 bridgehead atoms. The lowest BCUT2D eigenvalue weighted by atomic mass is 10.2. The van der Waals surface area contributed by atoms with Crippen LogP contribution in [0.2, 0.25) is 5.02 Å². The maximum absolute atomic E-state index is 12.9. The molecule has 86 valence electrons. The lowest BCUT2D eigenvalue weighted by molar-refractivity contribution is 0.626. The number of hydrogen-bond donors (Lipinski definition) is 1. The second kappa shape index (κ2) is 7.56. The first kappa shape index (κ1) is 13.4. The van der Waals surface area contributed by atoms with E-state index in [1.807, 2.05) is 0 Å². The molecule has 1 aromatic rings. The fourth-order valence-electron chi connectivity index (χ4n) is 1.16. The normalized spacial score (nSPS) is 10.1. The van der Waals surface area contributed by atoms with Gasteiger partial charge in [0.2, 0.25) is 0 Å². The lowest BCUT2D eigenvalue weighted by Gasteiger charge is -2.04. The molecule has 0 fully saturated rings. The summed E-state index contributed by atoms with van der Waals surface area (Å²) in [7, 11) is 0. The van der Waals surface area contributed by atoms with E-state index >= 15 is 0 Å². The van der Waals surface area contributed by atoms with Gasteiger partial charge in [-0.1, -0.05) is 23.6 Å². The molecule has 16 heavy (non-hydrogen) atoms. The third-order valence-corrected chi connectivity index (χ3v) is 3.07. The van der Waals surface area contributed by atoms with Crippen molar-refractivity contribution in [1.29, 1.82) is 0 Å². The zero-order chi connectivity index (χ0) is 11.8. The molecule has 0 aromatic heterocycles. The summed E-state index contributed by atoms with van der Waals surface area (Å²) in [5, 5.41) is 3.40. The van der Waals surface area contributed by atoms with Crippen LogP contribution in [0.25, 0.3) is 0 Å².